The molecule has 0 unspecified atom stereocenters. The van der Waals surface area contributed by atoms with E-state index in [1.54, 1.807) is 38.3 Å². The molecular formula is C21H17N3O5S. The van der Waals surface area contributed by atoms with Gasteiger partial charge in [-0.05, 0) is 43.3 Å². The SMILES string of the molecule is COc1ccc(-c2noc(C(=O)O)c2[C@@H](C)NC(=O)c2nc3ccccc3s2)cc1. The van der Waals surface area contributed by atoms with Crippen LogP contribution in [-0.4, -0.2) is 34.2 Å². The van der Waals surface area contributed by atoms with Gasteiger partial charge in [-0.1, -0.05) is 17.3 Å². The van der Waals surface area contributed by atoms with Crippen LogP contribution in [0.15, 0.2) is 53.1 Å². The molecule has 2 N–H and O–H groups in total. The first-order valence-electron chi connectivity index (χ1n) is 9.01. The summed E-state index contributed by atoms with van der Waals surface area (Å²) in [5.41, 5.74) is 1.99. The minimum atomic E-state index is -1.27. The van der Waals surface area contributed by atoms with E-state index < -0.39 is 17.9 Å². The van der Waals surface area contributed by atoms with Crippen molar-refractivity contribution in [2.24, 2.45) is 0 Å². The molecule has 0 aliphatic heterocycles. The summed E-state index contributed by atoms with van der Waals surface area (Å²) in [6.07, 6.45) is 0. The van der Waals surface area contributed by atoms with Crippen molar-refractivity contribution in [2.45, 2.75) is 13.0 Å². The number of hydrogen-bond acceptors (Lipinski definition) is 7. The number of thiazole rings is 1. The number of ether oxygens (including phenoxy) is 1. The number of hydrogen-bond donors (Lipinski definition) is 2. The number of nitrogens with zero attached hydrogens (tertiary/aromatic N) is 2. The van der Waals surface area contributed by atoms with Gasteiger partial charge >= 0.3 is 5.97 Å². The first kappa shape index (κ1) is 19.6. The van der Waals surface area contributed by atoms with E-state index in [0.29, 0.717) is 22.0 Å². The number of amides is 1. The lowest BCUT2D eigenvalue weighted by Gasteiger charge is -2.13. The van der Waals surface area contributed by atoms with E-state index >= 15 is 0 Å². The molecule has 0 spiro atoms. The molecule has 0 saturated carbocycles. The number of carboxylic acids is 1. The molecule has 2 heterocycles. The second-order valence-corrected chi connectivity index (χ2v) is 7.52. The molecule has 2 aromatic carbocycles. The first-order chi connectivity index (χ1) is 14.5. The molecule has 1 amide bonds. The number of fused-ring (bicyclic) bond motifs is 1. The van der Waals surface area contributed by atoms with Gasteiger partial charge in [0.15, 0.2) is 5.01 Å². The average Bonchev–Trinajstić information content (AvgIpc) is 3.38. The van der Waals surface area contributed by atoms with Crippen molar-refractivity contribution in [3.8, 4) is 17.0 Å². The Labute approximate surface area is 175 Å². The second kappa shape index (κ2) is 7.96. The van der Waals surface area contributed by atoms with Gasteiger partial charge in [0.2, 0.25) is 5.76 Å². The number of benzene rings is 2. The fourth-order valence-electron chi connectivity index (χ4n) is 3.11. The third-order valence-corrected chi connectivity index (χ3v) is 5.59. The second-order valence-electron chi connectivity index (χ2n) is 6.49. The average molecular weight is 423 g/mol. The van der Waals surface area contributed by atoms with Crippen LogP contribution in [0, 0.1) is 0 Å². The molecule has 152 valence electrons. The zero-order chi connectivity index (χ0) is 21.3. The largest absolute Gasteiger partial charge is 0.497 e. The van der Waals surface area contributed by atoms with Gasteiger partial charge < -0.3 is 19.7 Å². The van der Waals surface area contributed by atoms with Crippen LogP contribution in [0.25, 0.3) is 21.5 Å². The van der Waals surface area contributed by atoms with Gasteiger partial charge in [0.05, 0.1) is 28.9 Å². The molecule has 4 rings (SSSR count). The van der Waals surface area contributed by atoms with Crippen LogP contribution < -0.4 is 10.1 Å². The molecule has 9 heteroatoms. The summed E-state index contributed by atoms with van der Waals surface area (Å²) < 4.78 is 11.1. The molecular weight excluding hydrogens is 406 g/mol. The van der Waals surface area contributed by atoms with Crippen LogP contribution in [0.1, 0.15) is 38.9 Å². The molecule has 30 heavy (non-hydrogen) atoms. The van der Waals surface area contributed by atoms with Crippen molar-refractivity contribution in [1.82, 2.24) is 15.5 Å². The van der Waals surface area contributed by atoms with E-state index in [1.807, 2.05) is 24.3 Å². The third-order valence-electron chi connectivity index (χ3n) is 4.55. The van der Waals surface area contributed by atoms with Gasteiger partial charge in [0, 0.05) is 5.56 Å². The summed E-state index contributed by atoms with van der Waals surface area (Å²) in [6.45, 7) is 1.68. The van der Waals surface area contributed by atoms with Crippen molar-refractivity contribution < 1.29 is 24.0 Å². The fraction of sp³-hybridized carbons (Fsp3) is 0.143. The van der Waals surface area contributed by atoms with Crippen molar-refractivity contribution in [2.75, 3.05) is 7.11 Å². The molecule has 0 bridgehead atoms. The number of aromatic nitrogens is 2. The Balaban J connectivity index is 1.66. The number of carboxylic acid groups (broad SMARTS) is 1. The number of methoxy groups -OCH3 is 1. The lowest BCUT2D eigenvalue weighted by molar-refractivity contribution is 0.0648. The summed E-state index contributed by atoms with van der Waals surface area (Å²) in [7, 11) is 1.55. The summed E-state index contributed by atoms with van der Waals surface area (Å²) in [5.74, 6) is -1.34. The van der Waals surface area contributed by atoms with Gasteiger partial charge in [0.1, 0.15) is 11.4 Å². The molecule has 0 saturated heterocycles. The number of nitrogens with one attached hydrogen (secondary N) is 1. The highest BCUT2D eigenvalue weighted by atomic mass is 32.1. The predicted octanol–water partition coefficient (Wildman–Crippen LogP) is 4.15. The monoisotopic (exact) mass is 423 g/mol. The first-order valence-corrected chi connectivity index (χ1v) is 9.83. The minimum absolute atomic E-state index is 0.280. The van der Waals surface area contributed by atoms with Gasteiger partial charge in [-0.15, -0.1) is 11.3 Å². The quantitative estimate of drug-likeness (QED) is 0.479. The van der Waals surface area contributed by atoms with Crippen molar-refractivity contribution in [3.05, 3.63) is 64.9 Å². The highest BCUT2D eigenvalue weighted by molar-refractivity contribution is 7.20. The molecule has 1 atom stereocenters. The van der Waals surface area contributed by atoms with Crippen LogP contribution in [0.5, 0.6) is 5.75 Å². The Morgan fingerprint density at radius 1 is 1.17 bits per heavy atom. The highest BCUT2D eigenvalue weighted by Crippen LogP contribution is 2.32. The Morgan fingerprint density at radius 3 is 2.57 bits per heavy atom. The number of carbonyl (C=O) groups excluding carboxylic acids is 1. The summed E-state index contributed by atoms with van der Waals surface area (Å²) in [5, 5.41) is 16.6. The summed E-state index contributed by atoms with van der Waals surface area (Å²) >= 11 is 1.27. The van der Waals surface area contributed by atoms with Crippen LogP contribution in [0.2, 0.25) is 0 Å². The fourth-order valence-corrected chi connectivity index (χ4v) is 3.98. The normalized spacial score (nSPS) is 11.9. The van der Waals surface area contributed by atoms with Crippen molar-refractivity contribution >= 4 is 33.4 Å². The maximum atomic E-state index is 12.8. The van der Waals surface area contributed by atoms with Crippen molar-refractivity contribution in [1.29, 1.82) is 0 Å². The third kappa shape index (κ3) is 3.62. The lowest BCUT2D eigenvalue weighted by atomic mass is 10.0. The molecule has 2 aromatic heterocycles. The van der Waals surface area contributed by atoms with Crippen LogP contribution in [-0.2, 0) is 0 Å². The molecule has 0 radical (unpaired) electrons. The summed E-state index contributed by atoms with van der Waals surface area (Å²) in [6, 6.07) is 13.7. The maximum Gasteiger partial charge on any atom is 0.375 e. The topological polar surface area (TPSA) is 115 Å². The Hall–Kier alpha value is -3.72. The van der Waals surface area contributed by atoms with E-state index in [9.17, 15) is 14.7 Å². The van der Waals surface area contributed by atoms with E-state index in [4.69, 9.17) is 9.26 Å². The molecule has 4 aromatic rings. The highest BCUT2D eigenvalue weighted by Gasteiger charge is 2.28. The van der Waals surface area contributed by atoms with E-state index in [-0.39, 0.29) is 11.3 Å². The van der Waals surface area contributed by atoms with E-state index in [2.05, 4.69) is 15.5 Å². The van der Waals surface area contributed by atoms with Crippen LogP contribution in [0.4, 0.5) is 0 Å². The number of aromatic carboxylic acids is 1. The Bertz CT molecular complexity index is 1200. The maximum absolute atomic E-state index is 12.8. The molecule has 0 aliphatic carbocycles. The number of para-hydroxylation sites is 1. The number of rotatable bonds is 6. The smallest absolute Gasteiger partial charge is 0.375 e. The molecule has 8 nitrogen and oxygen atoms in total. The van der Waals surface area contributed by atoms with Crippen LogP contribution >= 0.6 is 11.3 Å². The summed E-state index contributed by atoms with van der Waals surface area (Å²) in [4.78, 5) is 28.8. The van der Waals surface area contributed by atoms with Gasteiger partial charge in [0.25, 0.3) is 5.91 Å². The zero-order valence-electron chi connectivity index (χ0n) is 16.1. The van der Waals surface area contributed by atoms with E-state index in [1.165, 1.54) is 11.3 Å². The number of carbonyl (C=O) groups is 2. The zero-order valence-corrected chi connectivity index (χ0v) is 16.9. The van der Waals surface area contributed by atoms with Gasteiger partial charge in [-0.3, -0.25) is 4.79 Å². The standard InChI is InChI=1S/C21H17N3O5S/c1-11(22-19(25)20-23-14-5-3-4-6-15(14)30-20)16-17(24-29-18(16)21(26)27)12-7-9-13(28-2)10-8-12/h3-11H,1-2H3,(H,22,25)(H,26,27)/t11-/m1/s1. The molecule has 0 fully saturated rings. The van der Waals surface area contributed by atoms with E-state index in [0.717, 1.165) is 10.2 Å². The molecule has 0 aliphatic rings. The Kier molecular flexibility index (Phi) is 5.20. The van der Waals surface area contributed by atoms with Crippen molar-refractivity contribution in [3.63, 3.8) is 0 Å². The van der Waals surface area contributed by atoms with Crippen LogP contribution in [0.3, 0.4) is 0 Å². The van der Waals surface area contributed by atoms with Gasteiger partial charge in [-0.25, -0.2) is 9.78 Å². The lowest BCUT2D eigenvalue weighted by Crippen LogP contribution is -2.27. The predicted molar refractivity (Wildman–Crippen MR) is 111 cm³/mol. The Morgan fingerprint density at radius 2 is 1.90 bits per heavy atom. The minimum Gasteiger partial charge on any atom is -0.497 e. The van der Waals surface area contributed by atoms with Gasteiger partial charge in [-0.2, -0.15) is 0 Å².